The van der Waals surface area contributed by atoms with Gasteiger partial charge in [0.1, 0.15) is 22.3 Å². The highest BCUT2D eigenvalue weighted by Crippen LogP contribution is 2.56. The first-order valence-electron chi connectivity index (χ1n) is 23.7. The van der Waals surface area contributed by atoms with E-state index >= 15 is 0 Å². The number of anilines is 2. The summed E-state index contributed by atoms with van der Waals surface area (Å²) in [6.45, 7) is 16.6. The van der Waals surface area contributed by atoms with Gasteiger partial charge in [-0.3, -0.25) is 0 Å². The molecule has 4 nitrogen and oxygen atoms in total. The summed E-state index contributed by atoms with van der Waals surface area (Å²) in [7, 11) is 0. The fourth-order valence-electron chi connectivity index (χ4n) is 12.7. The van der Waals surface area contributed by atoms with Crippen molar-refractivity contribution in [2.75, 3.05) is 4.81 Å². The minimum Gasteiger partial charge on any atom is -0.456 e. The maximum atomic E-state index is 6.81. The van der Waals surface area contributed by atoms with E-state index in [1.807, 2.05) is 11.3 Å². The number of rotatable bonds is 1. The fourth-order valence-corrected chi connectivity index (χ4v) is 13.9. The molecule has 0 N–H and O–H groups in total. The van der Waals surface area contributed by atoms with Crippen LogP contribution in [0.25, 0.3) is 103 Å². The van der Waals surface area contributed by atoms with E-state index in [0.29, 0.717) is 0 Å². The number of benzene rings is 8. The quantitative estimate of drug-likeness (QED) is 0.154. The van der Waals surface area contributed by atoms with Crippen molar-refractivity contribution in [2.24, 2.45) is 0 Å². The van der Waals surface area contributed by atoms with Crippen molar-refractivity contribution in [3.05, 3.63) is 150 Å². The number of para-hydroxylation sites is 2. The summed E-state index contributed by atoms with van der Waals surface area (Å²) in [6.07, 6.45) is 2.32. The van der Waals surface area contributed by atoms with Crippen LogP contribution in [0.5, 0.6) is 0 Å². The zero-order valence-electron chi connectivity index (χ0n) is 38.3. The van der Waals surface area contributed by atoms with Crippen molar-refractivity contribution in [3.63, 3.8) is 0 Å². The number of hydrogen-bond donors (Lipinski definition) is 0. The highest BCUT2D eigenvalue weighted by Gasteiger charge is 2.47. The Balaban J connectivity index is 1.21. The number of fused-ring (bicyclic) bond motifs is 20. The van der Waals surface area contributed by atoms with E-state index in [0.717, 1.165) is 68.1 Å². The van der Waals surface area contributed by atoms with Gasteiger partial charge in [-0.25, -0.2) is 0 Å². The van der Waals surface area contributed by atoms with Gasteiger partial charge < -0.3 is 18.2 Å². The second-order valence-corrected chi connectivity index (χ2v) is 22.9. The van der Waals surface area contributed by atoms with Gasteiger partial charge in [-0.15, -0.1) is 11.3 Å². The Hall–Kier alpha value is -6.76. The molecule has 318 valence electrons. The number of aromatic nitrogens is 1. The smallest absolute Gasteiger partial charge is 0.333 e. The van der Waals surface area contributed by atoms with Gasteiger partial charge in [0.15, 0.2) is 0 Å². The maximum Gasteiger partial charge on any atom is 0.333 e. The molecule has 15 rings (SSSR count). The second kappa shape index (κ2) is 12.2. The van der Waals surface area contributed by atoms with Gasteiger partial charge in [-0.05, 0) is 111 Å². The van der Waals surface area contributed by atoms with Crippen LogP contribution in [-0.2, 0) is 16.2 Å². The zero-order valence-corrected chi connectivity index (χ0v) is 39.1. The molecule has 0 bridgehead atoms. The van der Waals surface area contributed by atoms with Crippen LogP contribution in [0.2, 0.25) is 0 Å². The highest BCUT2D eigenvalue weighted by molar-refractivity contribution is 7.27. The first kappa shape index (κ1) is 37.5. The largest absolute Gasteiger partial charge is 0.456 e. The van der Waals surface area contributed by atoms with Gasteiger partial charge in [0.25, 0.3) is 0 Å². The molecule has 0 radical (unpaired) electrons. The van der Waals surface area contributed by atoms with E-state index in [-0.39, 0.29) is 23.1 Å². The predicted octanol–water partition coefficient (Wildman–Crippen LogP) is 15.8. The SMILES string of the molecule is CC(C)(C)c1ccc(N2B3c4cc5c(cc4-n4c6cc7c(cc6c6c8sc9ccccc9c8c(c3c64)-c3cc4c(cc32)oc2ccccc24)C(C)(C)CCC7(C)C)oc2ccccc25)cc1. The van der Waals surface area contributed by atoms with E-state index in [1.165, 1.54) is 86.4 Å². The van der Waals surface area contributed by atoms with Crippen LogP contribution in [0, 0.1) is 0 Å². The predicted molar refractivity (Wildman–Crippen MR) is 281 cm³/mol. The molecule has 2 aliphatic heterocycles. The molecule has 0 saturated carbocycles. The van der Waals surface area contributed by atoms with Crippen molar-refractivity contribution in [1.29, 1.82) is 0 Å². The number of hydrogen-bond acceptors (Lipinski definition) is 4. The summed E-state index contributed by atoms with van der Waals surface area (Å²) in [4.78, 5) is 2.65. The van der Waals surface area contributed by atoms with Gasteiger partial charge in [-0.1, -0.05) is 121 Å². The molecule has 6 heterocycles. The summed E-state index contributed by atoms with van der Waals surface area (Å²) in [5.41, 5.74) is 19.3. The maximum absolute atomic E-state index is 6.81. The van der Waals surface area contributed by atoms with Crippen LogP contribution in [0.4, 0.5) is 11.4 Å². The molecule has 1 aliphatic carbocycles. The number of furan rings is 2. The van der Waals surface area contributed by atoms with Gasteiger partial charge in [0, 0.05) is 87.2 Å². The molecule has 12 aromatic rings. The molecular formula is C60H47BN2O2S. The number of nitrogens with zero attached hydrogens (tertiary/aromatic N) is 2. The van der Waals surface area contributed by atoms with Gasteiger partial charge in [0.05, 0.1) is 11.0 Å². The fraction of sp³-hybridized carbons (Fsp3) is 0.200. The van der Waals surface area contributed by atoms with Crippen LogP contribution in [0.15, 0.2) is 142 Å². The molecule has 8 aromatic carbocycles. The molecule has 4 aromatic heterocycles. The standard InChI is InChI=1S/C60H47BN2O2S/c1-58(2,3)32-20-22-33(23-21-32)63-45-30-49-37(34-14-8-11-17-47(34)64-49)26-39(45)52-53-36-16-10-13-19-51(36)66-57(53)54-40-27-41-42(60(6,7)25-24-59(41,4)5)29-44(40)62-46-31-50-38(35-15-9-12-18-48(35)65-50)28-43(46)61(63)55(52)56(54)62/h8-23,26-31H,24-25H2,1-7H3. The third-order valence-corrected chi connectivity index (χ3v) is 17.4. The average Bonchev–Trinajstić information content (AvgIpc) is 4.07. The summed E-state index contributed by atoms with van der Waals surface area (Å²) in [5.74, 6) is 0. The molecule has 0 atom stereocenters. The average molecular weight is 871 g/mol. The molecule has 0 saturated heterocycles. The zero-order chi connectivity index (χ0) is 44.3. The lowest BCUT2D eigenvalue weighted by Crippen LogP contribution is -2.60. The van der Waals surface area contributed by atoms with E-state index in [2.05, 4.69) is 191 Å². The van der Waals surface area contributed by atoms with E-state index in [9.17, 15) is 0 Å². The summed E-state index contributed by atoms with van der Waals surface area (Å²) < 4.78 is 19.0. The third kappa shape index (κ3) is 4.65. The Kier molecular flexibility index (Phi) is 6.91. The van der Waals surface area contributed by atoms with Crippen molar-refractivity contribution in [1.82, 2.24) is 4.57 Å². The van der Waals surface area contributed by atoms with Crippen LogP contribution >= 0.6 is 11.3 Å². The molecule has 0 fully saturated rings. The third-order valence-electron chi connectivity index (χ3n) is 16.2. The minimum atomic E-state index is -0.173. The van der Waals surface area contributed by atoms with Crippen molar-refractivity contribution >= 4 is 126 Å². The first-order valence-corrected chi connectivity index (χ1v) is 24.5. The molecule has 66 heavy (non-hydrogen) atoms. The van der Waals surface area contributed by atoms with Gasteiger partial charge >= 0.3 is 6.85 Å². The Morgan fingerprint density at radius 3 is 1.86 bits per heavy atom. The van der Waals surface area contributed by atoms with Crippen LogP contribution < -0.4 is 15.7 Å². The van der Waals surface area contributed by atoms with E-state index in [1.54, 1.807) is 0 Å². The Morgan fingerprint density at radius 2 is 1.18 bits per heavy atom. The van der Waals surface area contributed by atoms with Crippen molar-refractivity contribution < 1.29 is 8.83 Å². The summed E-state index contributed by atoms with van der Waals surface area (Å²) in [5, 5.41) is 9.95. The molecule has 0 amide bonds. The Bertz CT molecular complexity index is 4170. The van der Waals surface area contributed by atoms with Crippen LogP contribution in [0.1, 0.15) is 78.0 Å². The second-order valence-electron chi connectivity index (χ2n) is 21.9. The Labute approximate surface area is 387 Å². The first-order chi connectivity index (χ1) is 31.8. The summed E-state index contributed by atoms with van der Waals surface area (Å²) in [6, 6.07) is 50.5. The van der Waals surface area contributed by atoms with Crippen molar-refractivity contribution in [3.8, 4) is 16.8 Å². The van der Waals surface area contributed by atoms with Gasteiger partial charge in [-0.2, -0.15) is 0 Å². The van der Waals surface area contributed by atoms with E-state index < -0.39 is 0 Å². The lowest BCUT2D eigenvalue weighted by atomic mass is 9.43. The molecular weight excluding hydrogens is 824 g/mol. The topological polar surface area (TPSA) is 34.5 Å². The summed E-state index contributed by atoms with van der Waals surface area (Å²) >= 11 is 1.96. The van der Waals surface area contributed by atoms with Crippen LogP contribution in [-0.4, -0.2) is 11.4 Å². The molecule has 3 aliphatic rings. The Morgan fingerprint density at radius 1 is 0.576 bits per heavy atom. The lowest BCUT2D eigenvalue weighted by Gasteiger charge is -2.42. The monoisotopic (exact) mass is 870 g/mol. The van der Waals surface area contributed by atoms with Crippen LogP contribution in [0.3, 0.4) is 0 Å². The highest BCUT2D eigenvalue weighted by atomic mass is 32.1. The number of thiophene rings is 1. The normalized spacial score (nSPS) is 16.2. The van der Waals surface area contributed by atoms with E-state index in [4.69, 9.17) is 8.83 Å². The molecule has 0 unspecified atom stereocenters. The molecule has 6 heteroatoms. The lowest BCUT2D eigenvalue weighted by molar-refractivity contribution is 0.332. The molecule has 0 spiro atoms. The minimum absolute atomic E-state index is 0.0117. The van der Waals surface area contributed by atoms with Gasteiger partial charge in [0.2, 0.25) is 0 Å². The van der Waals surface area contributed by atoms with Crippen molar-refractivity contribution in [2.45, 2.75) is 77.6 Å².